The van der Waals surface area contributed by atoms with E-state index in [1.165, 1.54) is 19.3 Å². The predicted octanol–water partition coefficient (Wildman–Crippen LogP) is 2.94. The molecule has 0 spiro atoms. The highest BCUT2D eigenvalue weighted by Crippen LogP contribution is 2.28. The summed E-state index contributed by atoms with van der Waals surface area (Å²) in [5, 5.41) is 3.17. The molecule has 0 aromatic heterocycles. The van der Waals surface area contributed by atoms with Crippen molar-refractivity contribution in [3.63, 3.8) is 0 Å². The maximum Gasteiger partial charge on any atom is 0.224 e. The lowest BCUT2D eigenvalue weighted by Crippen LogP contribution is -2.41. The maximum absolute atomic E-state index is 12.2. The highest BCUT2D eigenvalue weighted by Gasteiger charge is 2.22. The summed E-state index contributed by atoms with van der Waals surface area (Å²) < 4.78 is 10.5. The lowest BCUT2D eigenvalue weighted by molar-refractivity contribution is -0.121. The van der Waals surface area contributed by atoms with Crippen molar-refractivity contribution < 1.29 is 14.3 Å². The highest BCUT2D eigenvalue weighted by molar-refractivity contribution is 5.79. The van der Waals surface area contributed by atoms with Crippen molar-refractivity contribution in [1.82, 2.24) is 5.32 Å². The van der Waals surface area contributed by atoms with Crippen LogP contribution in [0.3, 0.4) is 0 Å². The Balaban J connectivity index is 1.96. The maximum atomic E-state index is 12.2. The van der Waals surface area contributed by atoms with E-state index in [4.69, 9.17) is 9.47 Å². The van der Waals surface area contributed by atoms with Crippen molar-refractivity contribution >= 4 is 5.91 Å². The summed E-state index contributed by atoms with van der Waals surface area (Å²) in [6, 6.07) is 5.94. The number of carbonyl (C=O) groups is 1. The molecule has 4 nitrogen and oxygen atoms in total. The number of benzene rings is 1. The van der Waals surface area contributed by atoms with E-state index < -0.39 is 0 Å². The Labute approximate surface area is 126 Å². The van der Waals surface area contributed by atoms with Gasteiger partial charge in [0.05, 0.1) is 20.6 Å². The zero-order valence-electron chi connectivity index (χ0n) is 13.1. The summed E-state index contributed by atoms with van der Waals surface area (Å²) in [5.41, 5.74) is 0.939. The van der Waals surface area contributed by atoms with Gasteiger partial charge in [-0.15, -0.1) is 0 Å². The third kappa shape index (κ3) is 4.13. The van der Waals surface area contributed by atoms with Crippen molar-refractivity contribution in [2.75, 3.05) is 14.2 Å². The Morgan fingerprint density at radius 3 is 2.57 bits per heavy atom. The fraction of sp³-hybridized carbons (Fsp3) is 0.588. The molecule has 1 aliphatic rings. The van der Waals surface area contributed by atoms with Gasteiger partial charge < -0.3 is 14.8 Å². The van der Waals surface area contributed by atoms with E-state index in [1.54, 1.807) is 14.2 Å². The summed E-state index contributed by atoms with van der Waals surface area (Å²) >= 11 is 0. The van der Waals surface area contributed by atoms with Crippen LogP contribution >= 0.6 is 0 Å². The second-order valence-corrected chi connectivity index (χ2v) is 5.80. The number of hydrogen-bond acceptors (Lipinski definition) is 3. The third-order valence-electron chi connectivity index (χ3n) is 4.27. The van der Waals surface area contributed by atoms with Gasteiger partial charge in [0.15, 0.2) is 11.5 Å². The molecule has 0 radical (unpaired) electrons. The average Bonchev–Trinajstić information content (AvgIpc) is 2.49. The number of amides is 1. The largest absolute Gasteiger partial charge is 0.493 e. The van der Waals surface area contributed by atoms with E-state index in [-0.39, 0.29) is 5.91 Å². The van der Waals surface area contributed by atoms with Gasteiger partial charge in [-0.25, -0.2) is 0 Å². The van der Waals surface area contributed by atoms with Crippen LogP contribution in [0.25, 0.3) is 0 Å². The third-order valence-corrected chi connectivity index (χ3v) is 4.27. The Hall–Kier alpha value is -1.71. The minimum Gasteiger partial charge on any atom is -0.493 e. The van der Waals surface area contributed by atoms with Gasteiger partial charge in [0.1, 0.15) is 0 Å². The fourth-order valence-electron chi connectivity index (χ4n) is 2.96. The van der Waals surface area contributed by atoms with Crippen molar-refractivity contribution in [2.45, 2.75) is 45.1 Å². The van der Waals surface area contributed by atoms with Crippen LogP contribution in [0, 0.1) is 5.92 Å². The minimum absolute atomic E-state index is 0.0842. The van der Waals surface area contributed by atoms with E-state index in [0.717, 1.165) is 12.0 Å². The van der Waals surface area contributed by atoms with Crippen LogP contribution in [0.1, 0.15) is 38.2 Å². The van der Waals surface area contributed by atoms with Crippen molar-refractivity contribution in [3.8, 4) is 11.5 Å². The SMILES string of the molecule is COc1ccc(CC(=O)N[C@@H]2CCCC[C@@H]2C)cc1OC. The Kier molecular flexibility index (Phi) is 5.48. The first-order chi connectivity index (χ1) is 10.1. The summed E-state index contributed by atoms with van der Waals surface area (Å²) in [5.74, 6) is 2.01. The molecule has 1 fully saturated rings. The molecule has 0 aliphatic heterocycles. The van der Waals surface area contributed by atoms with Gasteiger partial charge in [-0.3, -0.25) is 4.79 Å². The second-order valence-electron chi connectivity index (χ2n) is 5.80. The molecule has 1 saturated carbocycles. The van der Waals surface area contributed by atoms with Gasteiger partial charge in [-0.2, -0.15) is 0 Å². The smallest absolute Gasteiger partial charge is 0.224 e. The zero-order valence-corrected chi connectivity index (χ0v) is 13.1. The standard InChI is InChI=1S/C17H25NO3/c1-12-6-4-5-7-14(12)18-17(19)11-13-8-9-15(20-2)16(10-13)21-3/h8-10,12,14H,4-7,11H2,1-3H3,(H,18,19)/t12-,14+/m0/s1. The van der Waals surface area contributed by atoms with Gasteiger partial charge in [0.25, 0.3) is 0 Å². The first-order valence-corrected chi connectivity index (χ1v) is 7.64. The van der Waals surface area contributed by atoms with Crippen LogP contribution in [0.4, 0.5) is 0 Å². The molecule has 0 saturated heterocycles. The molecule has 4 heteroatoms. The van der Waals surface area contributed by atoms with E-state index in [9.17, 15) is 4.79 Å². The summed E-state index contributed by atoms with van der Waals surface area (Å²) in [6.45, 7) is 2.22. The topological polar surface area (TPSA) is 47.6 Å². The molecule has 0 bridgehead atoms. The van der Waals surface area contributed by atoms with Gasteiger partial charge in [-0.1, -0.05) is 25.8 Å². The van der Waals surface area contributed by atoms with E-state index in [1.807, 2.05) is 18.2 Å². The van der Waals surface area contributed by atoms with Crippen LogP contribution in [0.15, 0.2) is 18.2 Å². The monoisotopic (exact) mass is 291 g/mol. The lowest BCUT2D eigenvalue weighted by atomic mass is 9.86. The molecule has 1 N–H and O–H groups in total. The van der Waals surface area contributed by atoms with E-state index in [0.29, 0.717) is 29.9 Å². The molecule has 2 rings (SSSR count). The molecule has 1 aromatic carbocycles. The van der Waals surface area contributed by atoms with Crippen molar-refractivity contribution in [3.05, 3.63) is 23.8 Å². The summed E-state index contributed by atoms with van der Waals surface area (Å²) in [6.07, 6.45) is 5.18. The minimum atomic E-state index is 0.0842. The number of rotatable bonds is 5. The van der Waals surface area contributed by atoms with E-state index in [2.05, 4.69) is 12.2 Å². The Morgan fingerprint density at radius 1 is 1.19 bits per heavy atom. The Morgan fingerprint density at radius 2 is 1.90 bits per heavy atom. The molecule has 0 heterocycles. The number of nitrogens with one attached hydrogen (secondary N) is 1. The normalized spacial score (nSPS) is 21.7. The molecule has 0 unspecified atom stereocenters. The van der Waals surface area contributed by atoms with Crippen LogP contribution in [-0.2, 0) is 11.2 Å². The van der Waals surface area contributed by atoms with Crippen LogP contribution in [-0.4, -0.2) is 26.2 Å². The zero-order chi connectivity index (χ0) is 15.2. The molecule has 21 heavy (non-hydrogen) atoms. The first-order valence-electron chi connectivity index (χ1n) is 7.64. The Bertz CT molecular complexity index is 487. The summed E-state index contributed by atoms with van der Waals surface area (Å²) in [7, 11) is 3.21. The molecule has 1 amide bonds. The lowest BCUT2D eigenvalue weighted by Gasteiger charge is -2.29. The number of hydrogen-bond donors (Lipinski definition) is 1. The fourth-order valence-corrected chi connectivity index (χ4v) is 2.96. The number of carbonyl (C=O) groups excluding carboxylic acids is 1. The van der Waals surface area contributed by atoms with Gasteiger partial charge in [0.2, 0.25) is 5.91 Å². The molecule has 2 atom stereocenters. The molecule has 116 valence electrons. The molecule has 1 aliphatic carbocycles. The summed E-state index contributed by atoms with van der Waals surface area (Å²) in [4.78, 5) is 12.2. The highest BCUT2D eigenvalue weighted by atomic mass is 16.5. The molecular weight excluding hydrogens is 266 g/mol. The predicted molar refractivity (Wildman–Crippen MR) is 82.8 cm³/mol. The molecule has 1 aromatic rings. The quantitative estimate of drug-likeness (QED) is 0.907. The van der Waals surface area contributed by atoms with Crippen molar-refractivity contribution in [1.29, 1.82) is 0 Å². The molecular formula is C17H25NO3. The number of methoxy groups -OCH3 is 2. The van der Waals surface area contributed by atoms with Crippen LogP contribution in [0.2, 0.25) is 0 Å². The van der Waals surface area contributed by atoms with Gasteiger partial charge in [-0.05, 0) is 36.5 Å². The average molecular weight is 291 g/mol. The number of ether oxygens (including phenoxy) is 2. The van der Waals surface area contributed by atoms with Gasteiger partial charge in [0, 0.05) is 6.04 Å². The van der Waals surface area contributed by atoms with Crippen LogP contribution in [0.5, 0.6) is 11.5 Å². The van der Waals surface area contributed by atoms with Crippen LogP contribution < -0.4 is 14.8 Å². The van der Waals surface area contributed by atoms with Crippen molar-refractivity contribution in [2.24, 2.45) is 5.92 Å². The van der Waals surface area contributed by atoms with E-state index >= 15 is 0 Å². The first kappa shape index (κ1) is 15.7. The van der Waals surface area contributed by atoms with Gasteiger partial charge >= 0.3 is 0 Å². The second kappa shape index (κ2) is 7.34.